The summed E-state index contributed by atoms with van der Waals surface area (Å²) in [5.41, 5.74) is 2.47. The van der Waals surface area contributed by atoms with Crippen LogP contribution in [0.25, 0.3) is 0 Å². The molecule has 0 N–H and O–H groups in total. The van der Waals surface area contributed by atoms with Gasteiger partial charge in [-0.15, -0.1) is 24.8 Å². The number of aryl methyl sites for hydroxylation is 1. The topological polar surface area (TPSA) is 34.2 Å². The van der Waals surface area contributed by atoms with Gasteiger partial charge in [0.05, 0.1) is 20.3 Å². The predicted octanol–water partition coefficient (Wildman–Crippen LogP) is 6.10. The highest BCUT2D eigenvalue weighted by Gasteiger charge is 2.16. The van der Waals surface area contributed by atoms with E-state index in [1.807, 2.05) is 54.6 Å². The number of ether oxygens (including phenoxy) is 3. The van der Waals surface area contributed by atoms with Crippen LogP contribution >= 0.6 is 24.8 Å². The van der Waals surface area contributed by atoms with E-state index < -0.39 is 0 Å². The molecular weight excluding hydrogens is 495 g/mol. The molecule has 1 aliphatic rings. The summed E-state index contributed by atoms with van der Waals surface area (Å²) in [4.78, 5) is 5.08. The van der Waals surface area contributed by atoms with E-state index in [9.17, 15) is 0 Å². The summed E-state index contributed by atoms with van der Waals surface area (Å²) in [5, 5.41) is 0. The van der Waals surface area contributed by atoms with Gasteiger partial charge in [0, 0.05) is 32.7 Å². The first-order chi connectivity index (χ1) is 16.8. The van der Waals surface area contributed by atoms with Crippen LogP contribution in [0.2, 0.25) is 0 Å². The van der Waals surface area contributed by atoms with Gasteiger partial charge >= 0.3 is 0 Å². The molecule has 0 aromatic heterocycles. The van der Waals surface area contributed by atoms with Crippen LogP contribution in [0, 0.1) is 0 Å². The van der Waals surface area contributed by atoms with Crippen LogP contribution in [-0.2, 0) is 17.8 Å². The summed E-state index contributed by atoms with van der Waals surface area (Å²) in [6.45, 7) is 8.03. The molecule has 0 saturated carbocycles. The van der Waals surface area contributed by atoms with Gasteiger partial charge in [-0.25, -0.2) is 0 Å². The second-order valence-corrected chi connectivity index (χ2v) is 8.71. The normalized spacial score (nSPS) is 13.9. The van der Waals surface area contributed by atoms with E-state index in [1.54, 1.807) is 7.11 Å². The lowest BCUT2D eigenvalue weighted by atomic mass is 10.1. The Hall–Kier alpha value is -2.28. The SMILES string of the molecule is COc1ccccc1CCCN1CCN(CCOCc2ccc(Oc3ccccc3)cc2)CC1.Cl.Cl. The minimum Gasteiger partial charge on any atom is -0.496 e. The van der Waals surface area contributed by atoms with Crippen molar-refractivity contribution in [2.75, 3.05) is 53.0 Å². The Labute approximate surface area is 228 Å². The van der Waals surface area contributed by atoms with Crippen molar-refractivity contribution < 1.29 is 14.2 Å². The van der Waals surface area contributed by atoms with Crippen molar-refractivity contribution in [3.8, 4) is 17.2 Å². The Bertz CT molecular complexity index is 981. The fraction of sp³-hybridized carbons (Fsp3) is 0.379. The Morgan fingerprint density at radius 1 is 0.694 bits per heavy atom. The van der Waals surface area contributed by atoms with Crippen LogP contribution in [0.15, 0.2) is 78.9 Å². The molecule has 0 radical (unpaired) electrons. The molecule has 0 spiro atoms. The summed E-state index contributed by atoms with van der Waals surface area (Å²) in [6, 6.07) is 26.3. The first-order valence-corrected chi connectivity index (χ1v) is 12.3. The van der Waals surface area contributed by atoms with Crippen molar-refractivity contribution in [1.82, 2.24) is 9.80 Å². The summed E-state index contributed by atoms with van der Waals surface area (Å²) >= 11 is 0. The van der Waals surface area contributed by atoms with E-state index in [-0.39, 0.29) is 24.8 Å². The third-order valence-electron chi connectivity index (χ3n) is 6.30. The average Bonchev–Trinajstić information content (AvgIpc) is 2.89. The number of hydrogen-bond donors (Lipinski definition) is 0. The van der Waals surface area contributed by atoms with Crippen LogP contribution in [-0.4, -0.2) is 62.8 Å². The lowest BCUT2D eigenvalue weighted by Crippen LogP contribution is -2.47. The molecule has 1 aliphatic heterocycles. The molecule has 0 aliphatic carbocycles. The Morgan fingerprint density at radius 3 is 2.00 bits per heavy atom. The summed E-state index contributed by atoms with van der Waals surface area (Å²) in [5.74, 6) is 2.70. The molecule has 36 heavy (non-hydrogen) atoms. The zero-order valence-corrected chi connectivity index (χ0v) is 22.6. The highest BCUT2D eigenvalue weighted by atomic mass is 35.5. The Morgan fingerprint density at radius 2 is 1.31 bits per heavy atom. The zero-order valence-electron chi connectivity index (χ0n) is 21.0. The van der Waals surface area contributed by atoms with Gasteiger partial charge in [-0.2, -0.15) is 0 Å². The molecule has 3 aromatic rings. The summed E-state index contributed by atoms with van der Waals surface area (Å²) in [7, 11) is 1.75. The van der Waals surface area contributed by atoms with Crippen molar-refractivity contribution in [3.63, 3.8) is 0 Å². The van der Waals surface area contributed by atoms with Gasteiger partial charge < -0.3 is 19.1 Å². The molecule has 0 amide bonds. The Kier molecular flexibility index (Phi) is 13.7. The fourth-order valence-electron chi connectivity index (χ4n) is 4.30. The quantitative estimate of drug-likeness (QED) is 0.263. The number of methoxy groups -OCH3 is 1. The maximum absolute atomic E-state index is 5.94. The molecule has 5 nitrogen and oxygen atoms in total. The van der Waals surface area contributed by atoms with Crippen molar-refractivity contribution in [1.29, 1.82) is 0 Å². The lowest BCUT2D eigenvalue weighted by molar-refractivity contribution is 0.0682. The maximum Gasteiger partial charge on any atom is 0.127 e. The minimum absolute atomic E-state index is 0. The minimum atomic E-state index is 0. The molecule has 1 fully saturated rings. The number of nitrogens with zero attached hydrogens (tertiary/aromatic N) is 2. The van der Waals surface area contributed by atoms with Crippen molar-refractivity contribution in [3.05, 3.63) is 90.0 Å². The number of rotatable bonds is 12. The Balaban J connectivity index is 0.00000228. The molecule has 1 saturated heterocycles. The van der Waals surface area contributed by atoms with Gasteiger partial charge in [0.25, 0.3) is 0 Å². The molecule has 7 heteroatoms. The maximum atomic E-state index is 5.94. The molecule has 1 heterocycles. The van der Waals surface area contributed by atoms with Crippen LogP contribution in [0.5, 0.6) is 17.2 Å². The molecule has 0 bridgehead atoms. The van der Waals surface area contributed by atoms with E-state index in [1.165, 1.54) is 17.5 Å². The smallest absolute Gasteiger partial charge is 0.127 e. The van der Waals surface area contributed by atoms with Crippen LogP contribution in [0.1, 0.15) is 17.5 Å². The third kappa shape index (κ3) is 9.64. The molecule has 4 rings (SSSR count). The zero-order chi connectivity index (χ0) is 23.4. The van der Waals surface area contributed by atoms with Crippen LogP contribution < -0.4 is 9.47 Å². The average molecular weight is 534 g/mol. The van der Waals surface area contributed by atoms with E-state index >= 15 is 0 Å². The van der Waals surface area contributed by atoms with E-state index in [4.69, 9.17) is 14.2 Å². The van der Waals surface area contributed by atoms with E-state index in [0.29, 0.717) is 6.61 Å². The number of benzene rings is 3. The first-order valence-electron chi connectivity index (χ1n) is 12.3. The van der Waals surface area contributed by atoms with E-state index in [2.05, 4.69) is 34.1 Å². The van der Waals surface area contributed by atoms with Gasteiger partial charge in [0.15, 0.2) is 0 Å². The van der Waals surface area contributed by atoms with Gasteiger partial charge in [-0.3, -0.25) is 4.90 Å². The molecular formula is C29H38Cl2N2O3. The molecule has 0 atom stereocenters. The highest BCUT2D eigenvalue weighted by Crippen LogP contribution is 2.21. The molecule has 0 unspecified atom stereocenters. The number of piperazine rings is 1. The predicted molar refractivity (Wildman–Crippen MR) is 151 cm³/mol. The summed E-state index contributed by atoms with van der Waals surface area (Å²) < 4.78 is 17.2. The number of halogens is 2. The first kappa shape index (κ1) is 29.9. The van der Waals surface area contributed by atoms with Crippen molar-refractivity contribution in [2.45, 2.75) is 19.4 Å². The lowest BCUT2D eigenvalue weighted by Gasteiger charge is -2.34. The third-order valence-corrected chi connectivity index (χ3v) is 6.30. The van der Waals surface area contributed by atoms with Crippen LogP contribution in [0.3, 0.4) is 0 Å². The number of para-hydroxylation sites is 2. The van der Waals surface area contributed by atoms with E-state index in [0.717, 1.165) is 69.5 Å². The second kappa shape index (κ2) is 16.5. The van der Waals surface area contributed by atoms with Gasteiger partial charge in [-0.1, -0.05) is 48.5 Å². The second-order valence-electron chi connectivity index (χ2n) is 8.71. The summed E-state index contributed by atoms with van der Waals surface area (Å²) in [6.07, 6.45) is 2.23. The van der Waals surface area contributed by atoms with Gasteiger partial charge in [-0.05, 0) is 60.8 Å². The van der Waals surface area contributed by atoms with Crippen molar-refractivity contribution >= 4 is 24.8 Å². The van der Waals surface area contributed by atoms with Gasteiger partial charge in [0.1, 0.15) is 17.2 Å². The van der Waals surface area contributed by atoms with Crippen LogP contribution in [0.4, 0.5) is 0 Å². The monoisotopic (exact) mass is 532 g/mol. The largest absolute Gasteiger partial charge is 0.496 e. The number of hydrogen-bond acceptors (Lipinski definition) is 5. The molecule has 3 aromatic carbocycles. The standard InChI is InChI=1S/C29H36N2O3.2ClH/c1-32-29-12-6-5-8-26(29)9-7-17-30-18-20-31(21-19-30)22-23-33-24-25-13-15-28(16-14-25)34-27-10-3-2-4-11-27;;/h2-6,8,10-16H,7,9,17-24H2,1H3;2*1H. The highest BCUT2D eigenvalue weighted by molar-refractivity contribution is 5.85. The molecule has 196 valence electrons. The fourth-order valence-corrected chi connectivity index (χ4v) is 4.30. The van der Waals surface area contributed by atoms with Crippen molar-refractivity contribution in [2.24, 2.45) is 0 Å². The van der Waals surface area contributed by atoms with Gasteiger partial charge in [0.2, 0.25) is 0 Å².